The first-order chi connectivity index (χ1) is 11.1. The van der Waals surface area contributed by atoms with E-state index >= 15 is 0 Å². The van der Waals surface area contributed by atoms with Crippen LogP contribution in [0.5, 0.6) is 11.5 Å². The smallest absolute Gasteiger partial charge is 0.308 e. The van der Waals surface area contributed by atoms with Crippen LogP contribution in [0.2, 0.25) is 5.02 Å². The highest BCUT2D eigenvalue weighted by Crippen LogP contribution is 2.46. The highest BCUT2D eigenvalue weighted by Gasteiger charge is 2.27. The molecule has 0 radical (unpaired) electrons. The van der Waals surface area contributed by atoms with Gasteiger partial charge in [-0.15, -0.1) is 0 Å². The lowest BCUT2D eigenvalue weighted by molar-refractivity contribution is -0.131. The second kappa shape index (κ2) is 6.70. The number of carbonyl (C=O) groups is 1. The number of hydrogen-bond acceptors (Lipinski definition) is 6. The third kappa shape index (κ3) is 3.80. The molecule has 1 heterocycles. The van der Waals surface area contributed by atoms with Gasteiger partial charge in [0.15, 0.2) is 5.76 Å². The zero-order valence-corrected chi connectivity index (χ0v) is 14.2. The first-order valence-corrected chi connectivity index (χ1v) is 8.67. The van der Waals surface area contributed by atoms with Gasteiger partial charge in [-0.3, -0.25) is 4.79 Å². The Morgan fingerprint density at radius 1 is 1.46 bits per heavy atom. The Morgan fingerprint density at radius 2 is 2.12 bits per heavy atom. The van der Waals surface area contributed by atoms with E-state index < -0.39 is 39.2 Å². The van der Waals surface area contributed by atoms with Crippen LogP contribution in [0.25, 0.3) is 11.3 Å². The molecule has 0 atom stereocenters. The number of aromatic hydroxyl groups is 1. The first-order valence-electron chi connectivity index (χ1n) is 6.64. The van der Waals surface area contributed by atoms with E-state index in [9.17, 15) is 22.7 Å². The summed E-state index contributed by atoms with van der Waals surface area (Å²) >= 11 is 5.59. The van der Waals surface area contributed by atoms with Gasteiger partial charge in [0.1, 0.15) is 5.82 Å². The van der Waals surface area contributed by atoms with Gasteiger partial charge in [0, 0.05) is 12.5 Å². The third-order valence-electron chi connectivity index (χ3n) is 2.90. The third-order valence-corrected chi connectivity index (χ3v) is 4.46. The Hall–Kier alpha value is -2.26. The number of furan rings is 1. The number of ether oxygens (including phenoxy) is 1. The largest absolute Gasteiger partial charge is 0.502 e. The lowest BCUT2D eigenvalue weighted by Crippen LogP contribution is -2.15. The van der Waals surface area contributed by atoms with Crippen molar-refractivity contribution in [2.45, 2.75) is 13.8 Å². The molecular formula is C14H13ClFNO6S. The van der Waals surface area contributed by atoms with Crippen molar-refractivity contribution < 1.29 is 31.9 Å². The first kappa shape index (κ1) is 18.1. The van der Waals surface area contributed by atoms with Crippen LogP contribution in [0, 0.1) is 5.82 Å². The monoisotopic (exact) mass is 377 g/mol. The Bertz CT molecular complexity index is 893. The van der Waals surface area contributed by atoms with Crippen LogP contribution in [0.1, 0.15) is 13.8 Å². The van der Waals surface area contributed by atoms with Gasteiger partial charge in [0.05, 0.1) is 10.8 Å². The summed E-state index contributed by atoms with van der Waals surface area (Å²) in [6.07, 6.45) is 0. The number of esters is 1. The minimum absolute atomic E-state index is 0.0738. The molecule has 2 N–H and O–H groups in total. The van der Waals surface area contributed by atoms with Gasteiger partial charge in [-0.25, -0.2) is 17.5 Å². The van der Waals surface area contributed by atoms with Gasteiger partial charge in [-0.1, -0.05) is 11.6 Å². The maximum absolute atomic E-state index is 13.6. The Balaban J connectivity index is 2.59. The number of nitrogens with one attached hydrogen (secondary N) is 1. The van der Waals surface area contributed by atoms with Crippen molar-refractivity contribution >= 4 is 33.5 Å². The van der Waals surface area contributed by atoms with Gasteiger partial charge < -0.3 is 14.3 Å². The van der Waals surface area contributed by atoms with E-state index in [-0.39, 0.29) is 22.1 Å². The Morgan fingerprint density at radius 3 is 2.67 bits per heavy atom. The molecular weight excluding hydrogens is 365 g/mol. The number of anilines is 1. The zero-order valence-electron chi connectivity index (χ0n) is 12.6. The fraction of sp³-hybridized carbons (Fsp3) is 0.214. The van der Waals surface area contributed by atoms with Gasteiger partial charge in [-0.2, -0.15) is 0 Å². The molecule has 0 saturated carbocycles. The van der Waals surface area contributed by atoms with E-state index in [0.717, 1.165) is 13.0 Å². The van der Waals surface area contributed by atoms with Gasteiger partial charge in [0.2, 0.25) is 21.5 Å². The summed E-state index contributed by atoms with van der Waals surface area (Å²) < 4.78 is 49.0. The highest BCUT2D eigenvalue weighted by atomic mass is 35.5. The summed E-state index contributed by atoms with van der Waals surface area (Å²) in [5, 5.41) is 10.0. The molecule has 0 aliphatic rings. The predicted octanol–water partition coefficient (Wildman–Crippen LogP) is 3.13. The lowest BCUT2D eigenvalue weighted by atomic mass is 10.1. The van der Waals surface area contributed by atoms with Crippen molar-refractivity contribution in [3.05, 3.63) is 29.0 Å². The highest BCUT2D eigenvalue weighted by molar-refractivity contribution is 7.92. The summed E-state index contributed by atoms with van der Waals surface area (Å²) in [5.41, 5.74) is 0.0738. The van der Waals surface area contributed by atoms with Crippen LogP contribution in [-0.4, -0.2) is 25.2 Å². The molecule has 10 heteroatoms. The van der Waals surface area contributed by atoms with Crippen molar-refractivity contribution in [1.29, 1.82) is 0 Å². The van der Waals surface area contributed by atoms with Crippen molar-refractivity contribution in [3.63, 3.8) is 0 Å². The molecule has 0 spiro atoms. The summed E-state index contributed by atoms with van der Waals surface area (Å²) in [7, 11) is -3.77. The van der Waals surface area contributed by atoms with Crippen LogP contribution in [0.4, 0.5) is 10.3 Å². The Labute approximate surface area is 142 Å². The maximum Gasteiger partial charge on any atom is 0.308 e. The SMILES string of the molecule is CCS(=O)(=O)Nc1oc(-c2ccc(Cl)c(F)c2)c(O)c1OC(C)=O. The second-order valence-corrected chi connectivity index (χ2v) is 7.08. The molecule has 0 saturated heterocycles. The molecule has 7 nitrogen and oxygen atoms in total. The number of carbonyl (C=O) groups excluding carboxylic acids is 1. The average Bonchev–Trinajstić information content (AvgIpc) is 2.78. The standard InChI is InChI=1S/C14H13ClFNO6S/c1-3-24(20,21)17-14-13(22-7(2)18)11(19)12(23-14)8-4-5-9(15)10(16)6-8/h4-6,17,19H,3H2,1-2H3. The number of halogens is 2. The molecule has 0 aliphatic heterocycles. The minimum Gasteiger partial charge on any atom is -0.502 e. The van der Waals surface area contributed by atoms with E-state index in [0.29, 0.717) is 0 Å². The van der Waals surface area contributed by atoms with Crippen molar-refractivity contribution in [2.24, 2.45) is 0 Å². The molecule has 0 fully saturated rings. The molecule has 130 valence electrons. The van der Waals surface area contributed by atoms with Crippen molar-refractivity contribution in [2.75, 3.05) is 10.5 Å². The van der Waals surface area contributed by atoms with E-state index in [2.05, 4.69) is 0 Å². The second-order valence-electron chi connectivity index (χ2n) is 4.67. The van der Waals surface area contributed by atoms with Gasteiger partial charge in [-0.05, 0) is 25.1 Å². The van der Waals surface area contributed by atoms with E-state index in [4.69, 9.17) is 20.8 Å². The molecule has 0 aliphatic carbocycles. The molecule has 24 heavy (non-hydrogen) atoms. The van der Waals surface area contributed by atoms with Crippen LogP contribution in [0.3, 0.4) is 0 Å². The van der Waals surface area contributed by atoms with E-state index in [1.165, 1.54) is 19.1 Å². The van der Waals surface area contributed by atoms with Crippen molar-refractivity contribution in [1.82, 2.24) is 0 Å². The number of rotatable bonds is 5. The van der Waals surface area contributed by atoms with Crippen LogP contribution >= 0.6 is 11.6 Å². The minimum atomic E-state index is -3.77. The summed E-state index contributed by atoms with van der Waals surface area (Å²) in [6.45, 7) is 2.44. The molecule has 2 rings (SSSR count). The number of benzene rings is 1. The summed E-state index contributed by atoms with van der Waals surface area (Å²) in [4.78, 5) is 11.2. The quantitative estimate of drug-likeness (QED) is 0.775. The maximum atomic E-state index is 13.6. The molecule has 1 aromatic heterocycles. The zero-order chi connectivity index (χ0) is 18.1. The van der Waals surface area contributed by atoms with Crippen LogP contribution in [-0.2, 0) is 14.8 Å². The van der Waals surface area contributed by atoms with Crippen molar-refractivity contribution in [3.8, 4) is 22.8 Å². The fourth-order valence-corrected chi connectivity index (χ4v) is 2.44. The molecule has 0 amide bonds. The predicted molar refractivity (Wildman–Crippen MR) is 85.2 cm³/mol. The van der Waals surface area contributed by atoms with Gasteiger partial charge >= 0.3 is 5.97 Å². The number of sulfonamides is 1. The molecule has 0 bridgehead atoms. The molecule has 2 aromatic rings. The Kier molecular flexibility index (Phi) is 5.05. The van der Waals surface area contributed by atoms with Crippen LogP contribution in [0.15, 0.2) is 22.6 Å². The van der Waals surface area contributed by atoms with Crippen LogP contribution < -0.4 is 9.46 Å². The normalized spacial score (nSPS) is 11.3. The van der Waals surface area contributed by atoms with E-state index in [1.54, 1.807) is 0 Å². The fourth-order valence-electron chi connectivity index (χ4n) is 1.76. The molecule has 1 aromatic carbocycles. The lowest BCUT2D eigenvalue weighted by Gasteiger charge is -2.04. The number of hydrogen-bond donors (Lipinski definition) is 2. The van der Waals surface area contributed by atoms with E-state index in [1.807, 2.05) is 4.72 Å². The summed E-state index contributed by atoms with van der Waals surface area (Å²) in [5.74, 6) is -3.79. The molecule has 0 unspecified atom stereocenters. The average molecular weight is 378 g/mol. The summed E-state index contributed by atoms with van der Waals surface area (Å²) in [6, 6.07) is 3.56. The topological polar surface area (TPSA) is 106 Å². The van der Waals surface area contributed by atoms with Gasteiger partial charge in [0.25, 0.3) is 5.88 Å².